The molecule has 0 atom stereocenters. The molecule has 6 rings (SSSR count). The van der Waals surface area contributed by atoms with Crippen molar-refractivity contribution in [1.82, 2.24) is 9.97 Å². The number of carbonyl (C=O) groups is 2. The Morgan fingerprint density at radius 1 is 0.806 bits per heavy atom. The molecular weight excluding hydrogens is 472 g/mol. The third-order valence-corrected chi connectivity index (χ3v) is 7.40. The molecular formula is C29H20N2O4S. The number of rotatable bonds is 4. The van der Waals surface area contributed by atoms with Crippen molar-refractivity contribution in [2.75, 3.05) is 0 Å². The van der Waals surface area contributed by atoms with Gasteiger partial charge in [-0.3, -0.25) is 4.79 Å². The molecule has 36 heavy (non-hydrogen) atoms. The number of thiazole rings is 1. The highest BCUT2D eigenvalue weighted by Crippen LogP contribution is 2.40. The second kappa shape index (κ2) is 8.39. The average molecular weight is 493 g/mol. The van der Waals surface area contributed by atoms with E-state index in [1.807, 2.05) is 54.6 Å². The molecule has 0 amide bonds. The maximum absolute atomic E-state index is 13.4. The van der Waals surface area contributed by atoms with Crippen LogP contribution in [-0.2, 0) is 15.1 Å². The van der Waals surface area contributed by atoms with E-state index in [1.165, 1.54) is 11.3 Å². The third kappa shape index (κ3) is 3.74. The number of carbonyl (C=O) groups excluding carboxylic acids is 2. The highest BCUT2D eigenvalue weighted by molar-refractivity contribution is 7.18. The van der Waals surface area contributed by atoms with Gasteiger partial charge in [0.15, 0.2) is 17.1 Å². The molecule has 7 heteroatoms. The standard InChI is InChI=1S/C29H20N2O4S/c1-29(2,27-31-21-13-7-8-14-23(21)36-27)35-28(33)34-26-19-11-5-4-10-18(19)25(32)24(26)22-16-15-17-9-3-6-12-20(17)30-22/h3-16H,1-2H3. The van der Waals surface area contributed by atoms with E-state index in [0.29, 0.717) is 21.8 Å². The molecule has 0 bridgehead atoms. The smallest absolute Gasteiger partial charge is 0.421 e. The molecule has 0 spiro atoms. The molecule has 0 unspecified atom stereocenters. The fraction of sp³-hybridized carbons (Fsp3) is 0.103. The summed E-state index contributed by atoms with van der Waals surface area (Å²) < 4.78 is 12.5. The first-order chi connectivity index (χ1) is 17.4. The lowest BCUT2D eigenvalue weighted by molar-refractivity contribution is 0.00109. The van der Waals surface area contributed by atoms with E-state index in [-0.39, 0.29) is 17.1 Å². The van der Waals surface area contributed by atoms with Crippen molar-refractivity contribution in [3.05, 3.63) is 107 Å². The van der Waals surface area contributed by atoms with E-state index in [9.17, 15) is 9.59 Å². The number of nitrogens with zero attached hydrogens (tertiary/aromatic N) is 2. The quantitative estimate of drug-likeness (QED) is 0.251. The van der Waals surface area contributed by atoms with E-state index < -0.39 is 11.8 Å². The molecule has 2 heterocycles. The van der Waals surface area contributed by atoms with Gasteiger partial charge in [-0.2, -0.15) is 0 Å². The van der Waals surface area contributed by atoms with Crippen LogP contribution in [0.3, 0.4) is 0 Å². The first-order valence-corrected chi connectivity index (χ1v) is 12.2. The molecule has 0 N–H and O–H groups in total. The summed E-state index contributed by atoms with van der Waals surface area (Å²) in [7, 11) is 0. The zero-order valence-electron chi connectivity index (χ0n) is 19.5. The molecule has 0 saturated carbocycles. The second-order valence-corrected chi connectivity index (χ2v) is 9.95. The molecule has 3 aromatic carbocycles. The summed E-state index contributed by atoms with van der Waals surface area (Å²) >= 11 is 1.46. The lowest BCUT2D eigenvalue weighted by atomic mass is 10.1. The summed E-state index contributed by atoms with van der Waals surface area (Å²) in [5.74, 6) is -0.106. The van der Waals surface area contributed by atoms with Crippen molar-refractivity contribution >= 4 is 55.7 Å². The van der Waals surface area contributed by atoms with Crippen molar-refractivity contribution in [3.63, 3.8) is 0 Å². The number of benzene rings is 3. The number of allylic oxidation sites excluding steroid dienone is 1. The number of ketones is 1. The maximum atomic E-state index is 13.4. The lowest BCUT2D eigenvalue weighted by Crippen LogP contribution is -2.25. The second-order valence-electron chi connectivity index (χ2n) is 8.92. The van der Waals surface area contributed by atoms with Gasteiger partial charge in [0, 0.05) is 16.5 Å². The van der Waals surface area contributed by atoms with Gasteiger partial charge in [0.05, 0.1) is 27.0 Å². The summed E-state index contributed by atoms with van der Waals surface area (Å²) in [4.78, 5) is 35.8. The van der Waals surface area contributed by atoms with Crippen LogP contribution < -0.4 is 0 Å². The number of pyridine rings is 1. The minimum atomic E-state index is -1.04. The Balaban J connectivity index is 1.37. The first-order valence-electron chi connectivity index (χ1n) is 11.4. The monoisotopic (exact) mass is 492 g/mol. The van der Waals surface area contributed by atoms with Crippen LogP contribution in [-0.4, -0.2) is 21.9 Å². The fourth-order valence-electron chi connectivity index (χ4n) is 4.28. The summed E-state index contributed by atoms with van der Waals surface area (Å²) in [6.45, 7) is 3.53. The summed E-state index contributed by atoms with van der Waals surface area (Å²) in [6.07, 6.45) is -0.919. The number of hydrogen-bond acceptors (Lipinski definition) is 7. The number of ether oxygens (including phenoxy) is 2. The summed E-state index contributed by atoms with van der Waals surface area (Å²) in [5.41, 5.74) is 2.19. The maximum Gasteiger partial charge on any atom is 0.514 e. The van der Waals surface area contributed by atoms with E-state index in [4.69, 9.17) is 9.47 Å². The van der Waals surface area contributed by atoms with Crippen LogP contribution in [0, 0.1) is 0 Å². The minimum Gasteiger partial charge on any atom is -0.421 e. The Morgan fingerprint density at radius 3 is 2.31 bits per heavy atom. The van der Waals surface area contributed by atoms with Crippen LogP contribution in [0.2, 0.25) is 0 Å². The molecule has 176 valence electrons. The highest BCUT2D eigenvalue weighted by Gasteiger charge is 2.36. The molecule has 5 aromatic rings. The zero-order chi connectivity index (χ0) is 24.9. The first kappa shape index (κ1) is 22.1. The molecule has 1 aliphatic carbocycles. The SMILES string of the molecule is CC(C)(OC(=O)OC1=C(c2ccc3ccccc3n2)C(=O)c2ccccc21)c1nc2ccccc2s1. The number of hydrogen-bond donors (Lipinski definition) is 0. The van der Waals surface area contributed by atoms with E-state index in [1.54, 1.807) is 44.2 Å². The van der Waals surface area contributed by atoms with Gasteiger partial charge in [0.1, 0.15) is 5.01 Å². The van der Waals surface area contributed by atoms with Gasteiger partial charge in [-0.25, -0.2) is 14.8 Å². The van der Waals surface area contributed by atoms with Crippen LogP contribution in [0.4, 0.5) is 4.79 Å². The predicted octanol–water partition coefficient (Wildman–Crippen LogP) is 7.00. The van der Waals surface area contributed by atoms with Gasteiger partial charge in [0.2, 0.25) is 0 Å². The molecule has 0 saturated heterocycles. The Kier molecular flexibility index (Phi) is 5.16. The molecule has 6 nitrogen and oxygen atoms in total. The Bertz CT molecular complexity index is 1680. The Morgan fingerprint density at radius 2 is 1.50 bits per heavy atom. The summed E-state index contributed by atoms with van der Waals surface area (Å²) in [6, 6.07) is 26.1. The number of para-hydroxylation sites is 2. The van der Waals surface area contributed by atoms with Crippen molar-refractivity contribution in [1.29, 1.82) is 0 Å². The van der Waals surface area contributed by atoms with Crippen LogP contribution in [0.25, 0.3) is 32.5 Å². The normalized spacial score (nSPS) is 13.3. The number of aromatic nitrogens is 2. The summed E-state index contributed by atoms with van der Waals surface area (Å²) in [5, 5.41) is 1.60. The van der Waals surface area contributed by atoms with Gasteiger partial charge < -0.3 is 9.47 Å². The number of fused-ring (bicyclic) bond motifs is 3. The molecule has 1 aliphatic rings. The van der Waals surface area contributed by atoms with Crippen LogP contribution in [0.1, 0.15) is 40.5 Å². The van der Waals surface area contributed by atoms with Crippen molar-refractivity contribution in [3.8, 4) is 0 Å². The average Bonchev–Trinajstić information content (AvgIpc) is 3.44. The van der Waals surface area contributed by atoms with Gasteiger partial charge in [-0.15, -0.1) is 11.3 Å². The molecule has 0 fully saturated rings. The Hall–Kier alpha value is -4.36. The van der Waals surface area contributed by atoms with Crippen molar-refractivity contribution < 1.29 is 19.1 Å². The van der Waals surface area contributed by atoms with Gasteiger partial charge >= 0.3 is 6.16 Å². The predicted molar refractivity (Wildman–Crippen MR) is 140 cm³/mol. The van der Waals surface area contributed by atoms with Crippen molar-refractivity contribution in [2.24, 2.45) is 0 Å². The Labute approximate surface area is 210 Å². The molecule has 0 radical (unpaired) electrons. The molecule has 2 aromatic heterocycles. The number of Topliss-reactive ketones (excluding diaryl/α,β-unsaturated/α-hetero) is 1. The third-order valence-electron chi connectivity index (χ3n) is 6.06. The van der Waals surface area contributed by atoms with Crippen LogP contribution >= 0.6 is 11.3 Å². The largest absolute Gasteiger partial charge is 0.514 e. The van der Waals surface area contributed by atoms with E-state index >= 15 is 0 Å². The zero-order valence-corrected chi connectivity index (χ0v) is 20.3. The van der Waals surface area contributed by atoms with Gasteiger partial charge in [-0.05, 0) is 38.1 Å². The van der Waals surface area contributed by atoms with Crippen molar-refractivity contribution in [2.45, 2.75) is 19.4 Å². The van der Waals surface area contributed by atoms with Crippen LogP contribution in [0.5, 0.6) is 0 Å². The highest BCUT2D eigenvalue weighted by atomic mass is 32.1. The minimum absolute atomic E-state index is 0.142. The van der Waals surface area contributed by atoms with Gasteiger partial charge in [-0.1, -0.05) is 60.7 Å². The van der Waals surface area contributed by atoms with E-state index in [2.05, 4.69) is 9.97 Å². The van der Waals surface area contributed by atoms with Gasteiger partial charge in [0.25, 0.3) is 0 Å². The van der Waals surface area contributed by atoms with Crippen LogP contribution in [0.15, 0.2) is 84.9 Å². The van der Waals surface area contributed by atoms with E-state index in [0.717, 1.165) is 21.1 Å². The topological polar surface area (TPSA) is 78.4 Å². The molecule has 0 aliphatic heterocycles. The lowest BCUT2D eigenvalue weighted by Gasteiger charge is -2.22. The fourth-order valence-corrected chi connectivity index (χ4v) is 5.29.